The van der Waals surface area contributed by atoms with Crippen molar-refractivity contribution in [3.05, 3.63) is 71.6 Å². The number of nitrogens with one attached hydrogen (secondary N) is 2. The van der Waals surface area contributed by atoms with Crippen molar-refractivity contribution in [3.8, 4) is 11.3 Å². The van der Waals surface area contributed by atoms with Crippen LogP contribution in [0.4, 0.5) is 4.39 Å². The van der Waals surface area contributed by atoms with Crippen LogP contribution in [0.15, 0.2) is 53.3 Å². The summed E-state index contributed by atoms with van der Waals surface area (Å²) in [7, 11) is 0. The summed E-state index contributed by atoms with van der Waals surface area (Å²) in [6, 6.07) is 9.97. The molecule has 0 atom stereocenters. The molecule has 0 saturated carbocycles. The number of hydrogen-bond acceptors (Lipinski definition) is 4. The second-order valence-corrected chi connectivity index (χ2v) is 6.29. The van der Waals surface area contributed by atoms with Crippen LogP contribution in [0, 0.1) is 12.7 Å². The van der Waals surface area contributed by atoms with E-state index in [1.54, 1.807) is 24.5 Å². The molecular formula is C20H17FN4O2. The number of benzene rings is 1. The molecule has 0 aliphatic carbocycles. The summed E-state index contributed by atoms with van der Waals surface area (Å²) in [6.07, 6.45) is 3.46. The predicted molar refractivity (Wildman–Crippen MR) is 98.3 cm³/mol. The zero-order chi connectivity index (χ0) is 18.8. The minimum atomic E-state index is -0.346. The maximum absolute atomic E-state index is 13.8. The highest BCUT2D eigenvalue weighted by Crippen LogP contribution is 2.31. The fraction of sp³-hybridized carbons (Fsp3) is 0.150. The summed E-state index contributed by atoms with van der Waals surface area (Å²) in [5.74, 6) is 0.0475. The number of nitrogens with zero attached hydrogens (tertiary/aromatic N) is 2. The Labute approximate surface area is 154 Å². The number of halogens is 1. The van der Waals surface area contributed by atoms with Gasteiger partial charge in [0, 0.05) is 34.9 Å². The number of aromatic nitrogens is 3. The van der Waals surface area contributed by atoms with E-state index < -0.39 is 0 Å². The SMILES string of the molecule is Cc1cc(CNC(=O)Cc2c(-c3ccncc3)[nH]c3ccc(F)cc23)on1. The number of aryl methyl sites for hydroxylation is 1. The lowest BCUT2D eigenvalue weighted by molar-refractivity contribution is -0.120. The molecule has 2 N–H and O–H groups in total. The third-order valence-electron chi connectivity index (χ3n) is 4.31. The first-order chi connectivity index (χ1) is 13.1. The zero-order valence-electron chi connectivity index (χ0n) is 14.6. The Bertz CT molecular complexity index is 1100. The molecule has 0 radical (unpaired) electrons. The first-order valence-electron chi connectivity index (χ1n) is 8.49. The van der Waals surface area contributed by atoms with E-state index in [1.165, 1.54) is 12.1 Å². The molecule has 4 aromatic rings. The van der Waals surface area contributed by atoms with Crippen molar-refractivity contribution in [3.63, 3.8) is 0 Å². The van der Waals surface area contributed by atoms with E-state index in [2.05, 4.69) is 20.4 Å². The maximum atomic E-state index is 13.8. The Kier molecular flexibility index (Phi) is 4.42. The van der Waals surface area contributed by atoms with Crippen molar-refractivity contribution in [2.45, 2.75) is 19.9 Å². The lowest BCUT2D eigenvalue weighted by atomic mass is 10.0. The highest BCUT2D eigenvalue weighted by molar-refractivity contribution is 5.95. The van der Waals surface area contributed by atoms with Crippen LogP contribution < -0.4 is 5.32 Å². The van der Waals surface area contributed by atoms with Crippen LogP contribution in [0.3, 0.4) is 0 Å². The molecule has 136 valence electrons. The Balaban J connectivity index is 1.64. The van der Waals surface area contributed by atoms with Crippen LogP contribution in [0.5, 0.6) is 0 Å². The first kappa shape index (κ1) is 17.0. The maximum Gasteiger partial charge on any atom is 0.224 e. The Morgan fingerprint density at radius 2 is 2.04 bits per heavy atom. The molecule has 0 saturated heterocycles. The monoisotopic (exact) mass is 364 g/mol. The van der Waals surface area contributed by atoms with Crippen molar-refractivity contribution in [2.24, 2.45) is 0 Å². The van der Waals surface area contributed by atoms with Crippen LogP contribution in [0.2, 0.25) is 0 Å². The second kappa shape index (κ2) is 7.03. The summed E-state index contributed by atoms with van der Waals surface area (Å²) >= 11 is 0. The van der Waals surface area contributed by atoms with E-state index in [1.807, 2.05) is 19.1 Å². The van der Waals surface area contributed by atoms with E-state index in [0.717, 1.165) is 28.0 Å². The topological polar surface area (TPSA) is 83.8 Å². The lowest BCUT2D eigenvalue weighted by Gasteiger charge is -2.06. The van der Waals surface area contributed by atoms with E-state index in [4.69, 9.17) is 4.52 Å². The molecule has 0 bridgehead atoms. The second-order valence-electron chi connectivity index (χ2n) is 6.29. The standard InChI is InChI=1S/C20H17FN4O2/c1-12-8-15(27-25-12)11-23-19(26)10-17-16-9-14(21)2-3-18(16)24-20(17)13-4-6-22-7-5-13/h2-9,24H,10-11H2,1H3,(H,23,26). The largest absolute Gasteiger partial charge is 0.359 e. The average Bonchev–Trinajstić information content (AvgIpc) is 3.24. The van der Waals surface area contributed by atoms with Gasteiger partial charge in [-0.2, -0.15) is 0 Å². The van der Waals surface area contributed by atoms with Gasteiger partial charge in [0.1, 0.15) is 5.82 Å². The fourth-order valence-corrected chi connectivity index (χ4v) is 3.08. The molecule has 7 heteroatoms. The molecule has 6 nitrogen and oxygen atoms in total. The highest BCUT2D eigenvalue weighted by atomic mass is 19.1. The number of H-pyrrole nitrogens is 1. The first-order valence-corrected chi connectivity index (χ1v) is 8.49. The molecule has 1 amide bonds. The van der Waals surface area contributed by atoms with Crippen molar-refractivity contribution >= 4 is 16.8 Å². The molecule has 27 heavy (non-hydrogen) atoms. The molecule has 0 spiro atoms. The minimum absolute atomic E-state index is 0.105. The van der Waals surface area contributed by atoms with Gasteiger partial charge in [0.15, 0.2) is 5.76 Å². The summed E-state index contributed by atoms with van der Waals surface area (Å²) in [5, 5.41) is 7.30. The Morgan fingerprint density at radius 1 is 1.22 bits per heavy atom. The highest BCUT2D eigenvalue weighted by Gasteiger charge is 2.17. The van der Waals surface area contributed by atoms with Crippen LogP contribution in [0.25, 0.3) is 22.2 Å². The molecule has 1 aromatic carbocycles. The molecule has 0 fully saturated rings. The number of carbonyl (C=O) groups excluding carboxylic acids is 1. The van der Waals surface area contributed by atoms with Crippen molar-refractivity contribution < 1.29 is 13.7 Å². The molecule has 0 aliphatic heterocycles. The third kappa shape index (κ3) is 3.57. The quantitative estimate of drug-likeness (QED) is 0.567. The van der Waals surface area contributed by atoms with Gasteiger partial charge in [-0.05, 0) is 42.8 Å². The number of amides is 1. The molecule has 3 aromatic heterocycles. The van der Waals surface area contributed by atoms with Gasteiger partial charge in [-0.3, -0.25) is 9.78 Å². The predicted octanol–water partition coefficient (Wildman–Crippen LogP) is 3.52. The molecule has 0 unspecified atom stereocenters. The summed E-state index contributed by atoms with van der Waals surface area (Å²) in [6.45, 7) is 2.07. The summed E-state index contributed by atoms with van der Waals surface area (Å²) in [5.41, 5.74) is 3.93. The van der Waals surface area contributed by atoms with Gasteiger partial charge in [-0.25, -0.2) is 4.39 Å². The fourth-order valence-electron chi connectivity index (χ4n) is 3.08. The number of hydrogen-bond donors (Lipinski definition) is 2. The smallest absolute Gasteiger partial charge is 0.224 e. The van der Waals surface area contributed by atoms with Crippen molar-refractivity contribution in [2.75, 3.05) is 0 Å². The van der Waals surface area contributed by atoms with Crippen LogP contribution in [0.1, 0.15) is 17.0 Å². The minimum Gasteiger partial charge on any atom is -0.359 e. The number of aromatic amines is 1. The van der Waals surface area contributed by atoms with Crippen molar-refractivity contribution in [1.29, 1.82) is 0 Å². The summed E-state index contributed by atoms with van der Waals surface area (Å²) in [4.78, 5) is 19.8. The van der Waals surface area contributed by atoms with E-state index in [0.29, 0.717) is 11.1 Å². The van der Waals surface area contributed by atoms with Gasteiger partial charge in [0.25, 0.3) is 0 Å². The zero-order valence-corrected chi connectivity index (χ0v) is 14.6. The third-order valence-corrected chi connectivity index (χ3v) is 4.31. The molecule has 0 aliphatic rings. The van der Waals surface area contributed by atoms with E-state index in [-0.39, 0.29) is 24.7 Å². The van der Waals surface area contributed by atoms with Crippen LogP contribution in [-0.4, -0.2) is 21.0 Å². The normalized spacial score (nSPS) is 11.0. The van der Waals surface area contributed by atoms with Gasteiger partial charge in [-0.15, -0.1) is 0 Å². The lowest BCUT2D eigenvalue weighted by Crippen LogP contribution is -2.24. The van der Waals surface area contributed by atoms with Gasteiger partial charge >= 0.3 is 0 Å². The van der Waals surface area contributed by atoms with E-state index >= 15 is 0 Å². The van der Waals surface area contributed by atoms with Gasteiger partial charge in [0.2, 0.25) is 5.91 Å². The average molecular weight is 364 g/mol. The number of fused-ring (bicyclic) bond motifs is 1. The molecule has 3 heterocycles. The Morgan fingerprint density at radius 3 is 2.78 bits per heavy atom. The number of carbonyl (C=O) groups is 1. The van der Waals surface area contributed by atoms with Gasteiger partial charge in [0.05, 0.1) is 24.4 Å². The van der Waals surface area contributed by atoms with Crippen LogP contribution >= 0.6 is 0 Å². The summed E-state index contributed by atoms with van der Waals surface area (Å²) < 4.78 is 18.9. The number of pyridine rings is 1. The van der Waals surface area contributed by atoms with Gasteiger partial charge in [-0.1, -0.05) is 5.16 Å². The van der Waals surface area contributed by atoms with Gasteiger partial charge < -0.3 is 14.8 Å². The van der Waals surface area contributed by atoms with Crippen LogP contribution in [-0.2, 0) is 17.8 Å². The van der Waals surface area contributed by atoms with E-state index in [9.17, 15) is 9.18 Å². The Hall–Kier alpha value is -3.48. The molecule has 4 rings (SSSR count). The number of rotatable bonds is 5. The molecular weight excluding hydrogens is 347 g/mol. The van der Waals surface area contributed by atoms with Crippen molar-refractivity contribution in [1.82, 2.24) is 20.4 Å².